The topological polar surface area (TPSA) is 87.2 Å². The minimum atomic E-state index is -0.859. The lowest BCUT2D eigenvalue weighted by molar-refractivity contribution is 0.0936. The molecular formula is C28H22FN3O3. The highest BCUT2D eigenvalue weighted by Crippen LogP contribution is 2.31. The number of aromatic amines is 1. The van der Waals surface area contributed by atoms with Crippen LogP contribution >= 0.6 is 0 Å². The Bertz CT molecular complexity index is 1490. The number of nitrogens with one attached hydrogen (secondary N) is 2. The smallest absolute Gasteiger partial charge is 0.270 e. The number of hydrogen-bond donors (Lipinski definition) is 3. The van der Waals surface area contributed by atoms with Crippen molar-refractivity contribution >= 4 is 16.8 Å². The number of benzene rings is 2. The molecule has 7 heteroatoms. The summed E-state index contributed by atoms with van der Waals surface area (Å²) in [4.78, 5) is 20.9. The highest BCUT2D eigenvalue weighted by atomic mass is 19.1. The molecule has 1 atom stereocenters. The van der Waals surface area contributed by atoms with Crippen LogP contribution in [0.1, 0.15) is 39.0 Å². The lowest BCUT2D eigenvalue weighted by Gasteiger charge is -2.19. The second kappa shape index (κ2) is 10.6. The maximum Gasteiger partial charge on any atom is 0.270 e. The van der Waals surface area contributed by atoms with Crippen molar-refractivity contribution in [1.82, 2.24) is 15.3 Å². The maximum atomic E-state index is 14.1. The maximum absolute atomic E-state index is 14.1. The molecule has 1 unspecified atom stereocenters. The first-order valence-corrected chi connectivity index (χ1v) is 10.8. The number of aryl methyl sites for hydroxylation is 1. The number of carbonyl (C=O) groups is 1. The van der Waals surface area contributed by atoms with Gasteiger partial charge in [-0.1, -0.05) is 30.0 Å². The van der Waals surface area contributed by atoms with Crippen LogP contribution in [0.2, 0.25) is 0 Å². The van der Waals surface area contributed by atoms with Crippen molar-refractivity contribution in [3.63, 3.8) is 0 Å². The van der Waals surface area contributed by atoms with Crippen molar-refractivity contribution in [3.05, 3.63) is 94.7 Å². The molecule has 174 valence electrons. The van der Waals surface area contributed by atoms with Gasteiger partial charge in [0.15, 0.2) is 0 Å². The van der Waals surface area contributed by atoms with E-state index in [-0.39, 0.29) is 23.6 Å². The van der Waals surface area contributed by atoms with Gasteiger partial charge in [0.2, 0.25) is 0 Å². The molecule has 0 fully saturated rings. The SMILES string of the molecule is COCC#CC#Cc1cc(C)nc(C(=O)NC(c2cc3ccccc3[nH]2)c2cc(F)ccc2O)c1. The number of phenolic OH excluding ortho intramolecular Hbond substituents is 1. The Hall–Kier alpha value is -4.59. The predicted molar refractivity (Wildman–Crippen MR) is 131 cm³/mol. The second-order valence-electron chi connectivity index (χ2n) is 7.79. The van der Waals surface area contributed by atoms with Crippen LogP contribution < -0.4 is 5.32 Å². The third-order valence-electron chi connectivity index (χ3n) is 5.20. The van der Waals surface area contributed by atoms with Gasteiger partial charge >= 0.3 is 0 Å². The number of aromatic nitrogens is 2. The highest BCUT2D eigenvalue weighted by Gasteiger charge is 2.24. The molecule has 2 aromatic heterocycles. The fraction of sp³-hybridized carbons (Fsp3) is 0.143. The molecule has 4 aromatic rings. The molecule has 0 saturated heterocycles. The summed E-state index contributed by atoms with van der Waals surface area (Å²) in [5.74, 6) is 9.85. The van der Waals surface area contributed by atoms with Crippen molar-refractivity contribution in [1.29, 1.82) is 0 Å². The van der Waals surface area contributed by atoms with Gasteiger partial charge in [0.1, 0.15) is 23.9 Å². The number of phenols is 1. The third-order valence-corrected chi connectivity index (χ3v) is 5.20. The molecule has 2 heterocycles. The van der Waals surface area contributed by atoms with Crippen LogP contribution in [-0.4, -0.2) is 34.7 Å². The Morgan fingerprint density at radius 2 is 2.00 bits per heavy atom. The molecule has 2 aromatic carbocycles. The monoisotopic (exact) mass is 467 g/mol. The van der Waals surface area contributed by atoms with E-state index in [4.69, 9.17) is 4.74 Å². The number of nitrogens with zero attached hydrogens (tertiary/aromatic N) is 1. The Labute approximate surface area is 202 Å². The van der Waals surface area contributed by atoms with Gasteiger partial charge < -0.3 is 20.1 Å². The fourth-order valence-electron chi connectivity index (χ4n) is 3.65. The Kier molecular flexibility index (Phi) is 7.11. The van der Waals surface area contributed by atoms with Crippen molar-refractivity contribution in [2.45, 2.75) is 13.0 Å². The number of pyridine rings is 1. The van der Waals surface area contributed by atoms with E-state index in [0.717, 1.165) is 17.0 Å². The van der Waals surface area contributed by atoms with Gasteiger partial charge in [-0.05, 0) is 66.6 Å². The Morgan fingerprint density at radius 1 is 1.17 bits per heavy atom. The van der Waals surface area contributed by atoms with Crippen molar-refractivity contribution in [3.8, 4) is 29.4 Å². The molecule has 0 aliphatic heterocycles. The molecule has 4 rings (SSSR count). The van der Waals surface area contributed by atoms with Gasteiger partial charge in [0.05, 0.1) is 6.04 Å². The summed E-state index contributed by atoms with van der Waals surface area (Å²) in [6, 6.07) is 15.5. The molecular weight excluding hydrogens is 445 g/mol. The Balaban J connectivity index is 1.70. The number of aromatic hydroxyl groups is 1. The molecule has 0 aliphatic rings. The lowest BCUT2D eigenvalue weighted by Crippen LogP contribution is -2.30. The summed E-state index contributed by atoms with van der Waals surface area (Å²) < 4.78 is 19.0. The molecule has 3 N–H and O–H groups in total. The first kappa shape index (κ1) is 23.6. The number of halogens is 1. The lowest BCUT2D eigenvalue weighted by atomic mass is 10.0. The van der Waals surface area contributed by atoms with E-state index in [0.29, 0.717) is 17.0 Å². The van der Waals surface area contributed by atoms with Crippen molar-refractivity contribution in [2.75, 3.05) is 13.7 Å². The number of ether oxygens (including phenoxy) is 1. The van der Waals surface area contributed by atoms with Crippen LogP contribution in [0.15, 0.2) is 60.7 Å². The van der Waals surface area contributed by atoms with Gasteiger partial charge in [0.25, 0.3) is 5.91 Å². The van der Waals surface area contributed by atoms with E-state index in [1.165, 1.54) is 12.1 Å². The number of carbonyl (C=O) groups excluding carboxylic acids is 1. The largest absolute Gasteiger partial charge is 0.508 e. The zero-order valence-corrected chi connectivity index (χ0v) is 19.1. The molecule has 0 bridgehead atoms. The van der Waals surface area contributed by atoms with Crippen LogP contribution in [-0.2, 0) is 4.74 Å². The van der Waals surface area contributed by atoms with Crippen LogP contribution in [0.4, 0.5) is 4.39 Å². The normalized spacial score (nSPS) is 11.2. The predicted octanol–water partition coefficient (Wildman–Crippen LogP) is 4.24. The summed E-state index contributed by atoms with van der Waals surface area (Å²) in [7, 11) is 1.55. The summed E-state index contributed by atoms with van der Waals surface area (Å²) in [5, 5.41) is 14.3. The third kappa shape index (κ3) is 5.67. The number of para-hydroxylation sites is 1. The number of hydrogen-bond acceptors (Lipinski definition) is 4. The van der Waals surface area contributed by atoms with Crippen LogP contribution in [0.5, 0.6) is 5.75 Å². The molecule has 0 radical (unpaired) electrons. The van der Waals surface area contributed by atoms with E-state index in [2.05, 4.69) is 39.0 Å². The minimum absolute atomic E-state index is 0.135. The van der Waals surface area contributed by atoms with Gasteiger partial charge in [-0.25, -0.2) is 9.37 Å². The first-order chi connectivity index (χ1) is 16.9. The zero-order chi connectivity index (χ0) is 24.8. The molecule has 0 aliphatic carbocycles. The summed E-state index contributed by atoms with van der Waals surface area (Å²) >= 11 is 0. The van der Waals surface area contributed by atoms with E-state index in [9.17, 15) is 14.3 Å². The first-order valence-electron chi connectivity index (χ1n) is 10.8. The fourth-order valence-corrected chi connectivity index (χ4v) is 3.65. The van der Waals surface area contributed by atoms with E-state index in [1.54, 1.807) is 26.2 Å². The average Bonchev–Trinajstić information content (AvgIpc) is 3.27. The van der Waals surface area contributed by atoms with Gasteiger partial charge in [-0.2, -0.15) is 0 Å². The number of rotatable bonds is 5. The van der Waals surface area contributed by atoms with E-state index < -0.39 is 17.8 Å². The number of H-pyrrole nitrogens is 1. The van der Waals surface area contributed by atoms with E-state index >= 15 is 0 Å². The van der Waals surface area contributed by atoms with Crippen LogP contribution in [0, 0.1) is 36.4 Å². The summed E-state index contributed by atoms with van der Waals surface area (Å²) in [6.07, 6.45) is 0. The van der Waals surface area contributed by atoms with Gasteiger partial charge in [0, 0.05) is 35.1 Å². The molecule has 0 spiro atoms. The van der Waals surface area contributed by atoms with Gasteiger partial charge in [-0.3, -0.25) is 4.79 Å². The molecule has 6 nitrogen and oxygen atoms in total. The minimum Gasteiger partial charge on any atom is -0.508 e. The number of methoxy groups -OCH3 is 1. The van der Waals surface area contributed by atoms with Crippen molar-refractivity contribution in [2.24, 2.45) is 0 Å². The second-order valence-corrected chi connectivity index (χ2v) is 7.79. The molecule has 35 heavy (non-hydrogen) atoms. The quantitative estimate of drug-likeness (QED) is 0.383. The summed E-state index contributed by atoms with van der Waals surface area (Å²) in [5.41, 5.74) is 2.95. The summed E-state index contributed by atoms with van der Waals surface area (Å²) in [6.45, 7) is 2.03. The van der Waals surface area contributed by atoms with E-state index in [1.807, 2.05) is 30.3 Å². The van der Waals surface area contributed by atoms with Gasteiger partial charge in [-0.15, -0.1) is 0 Å². The van der Waals surface area contributed by atoms with Crippen LogP contribution in [0.25, 0.3) is 10.9 Å². The number of amides is 1. The zero-order valence-electron chi connectivity index (χ0n) is 19.1. The molecule has 1 amide bonds. The average molecular weight is 468 g/mol. The van der Waals surface area contributed by atoms with Crippen molar-refractivity contribution < 1.29 is 19.0 Å². The Morgan fingerprint density at radius 3 is 2.80 bits per heavy atom. The highest BCUT2D eigenvalue weighted by molar-refractivity contribution is 5.93. The number of fused-ring (bicyclic) bond motifs is 1. The van der Waals surface area contributed by atoms with Crippen LogP contribution in [0.3, 0.4) is 0 Å². The standard InChI is InChI=1S/C28H22FN3O3/c1-18-14-19(8-4-3-7-13-35-2)15-25(30-18)28(34)32-27(22-17-21(29)11-12-26(22)33)24-16-20-9-5-6-10-23(20)31-24/h5-6,9-12,14-17,27,31,33H,13H2,1-2H3,(H,32,34). The molecule has 0 saturated carbocycles.